The largest absolute Gasteiger partial charge is 0.472 e. The van der Waals surface area contributed by atoms with Gasteiger partial charge in [0.15, 0.2) is 12.2 Å². The summed E-state index contributed by atoms with van der Waals surface area (Å²) in [5.74, 6) is -0.615. The smallest absolute Gasteiger partial charge is 0.462 e. The number of hydrogen-bond donors (Lipinski definition) is 3. The summed E-state index contributed by atoms with van der Waals surface area (Å²) in [5, 5.41) is 10.6. The van der Waals surface area contributed by atoms with Gasteiger partial charge < -0.3 is 33.8 Å². The zero-order chi connectivity index (χ0) is 65.0. The maximum absolute atomic E-state index is 13.0. The van der Waals surface area contributed by atoms with Gasteiger partial charge in [0.2, 0.25) is 0 Å². The zero-order valence-corrected chi connectivity index (χ0v) is 58.8. The minimum absolute atomic E-state index is 0.106. The van der Waals surface area contributed by atoms with Crippen LogP contribution in [0.4, 0.5) is 0 Å². The quantitative estimate of drug-likeness (QED) is 0.0222. The number of aliphatic hydroxyl groups excluding tert-OH is 1. The van der Waals surface area contributed by atoms with E-state index in [1.165, 1.54) is 167 Å². The third-order valence-corrected chi connectivity index (χ3v) is 17.9. The van der Waals surface area contributed by atoms with Gasteiger partial charge in [0.05, 0.1) is 26.4 Å². The van der Waals surface area contributed by atoms with Crippen LogP contribution in [0.5, 0.6) is 0 Å². The van der Waals surface area contributed by atoms with Gasteiger partial charge in [-0.3, -0.25) is 37.3 Å². The molecule has 0 saturated carbocycles. The van der Waals surface area contributed by atoms with Gasteiger partial charge in [-0.2, -0.15) is 0 Å². The predicted octanol–water partition coefficient (Wildman–Crippen LogP) is 19.6. The summed E-state index contributed by atoms with van der Waals surface area (Å²) in [6.45, 7) is 9.52. The zero-order valence-electron chi connectivity index (χ0n) is 57.0. The number of unbranched alkanes of at least 4 members (excludes halogenated alkanes) is 38. The van der Waals surface area contributed by atoms with Crippen molar-refractivity contribution < 1.29 is 80.2 Å². The number of aliphatic hydroxyl groups is 1. The molecular formula is C69H134O17P2. The van der Waals surface area contributed by atoms with Gasteiger partial charge in [0.25, 0.3) is 0 Å². The third-order valence-electron chi connectivity index (χ3n) is 16.0. The highest BCUT2D eigenvalue weighted by atomic mass is 31.2. The van der Waals surface area contributed by atoms with Crippen LogP contribution >= 0.6 is 15.6 Å². The van der Waals surface area contributed by atoms with Crippen molar-refractivity contribution in [3.05, 3.63) is 0 Å². The van der Waals surface area contributed by atoms with Crippen LogP contribution in [0.1, 0.15) is 350 Å². The van der Waals surface area contributed by atoms with Gasteiger partial charge in [-0.05, 0) is 37.5 Å². The van der Waals surface area contributed by atoms with E-state index in [1.807, 2.05) is 0 Å². The van der Waals surface area contributed by atoms with E-state index < -0.39 is 97.5 Å². The Kier molecular flexibility index (Phi) is 59.9. The van der Waals surface area contributed by atoms with Gasteiger partial charge >= 0.3 is 39.5 Å². The minimum atomic E-state index is -4.95. The van der Waals surface area contributed by atoms with Gasteiger partial charge in [-0.25, -0.2) is 9.13 Å². The number of ether oxygens (including phenoxy) is 4. The second kappa shape index (κ2) is 61.3. The molecule has 88 heavy (non-hydrogen) atoms. The monoisotopic (exact) mass is 1300 g/mol. The molecule has 0 aliphatic carbocycles. The lowest BCUT2D eigenvalue weighted by Gasteiger charge is -2.21. The average molecular weight is 1300 g/mol. The Morgan fingerprint density at radius 3 is 0.773 bits per heavy atom. The van der Waals surface area contributed by atoms with Crippen molar-refractivity contribution >= 4 is 39.5 Å². The van der Waals surface area contributed by atoms with E-state index in [0.29, 0.717) is 25.7 Å². The summed E-state index contributed by atoms with van der Waals surface area (Å²) < 4.78 is 68.2. The lowest BCUT2D eigenvalue weighted by Crippen LogP contribution is -2.30. The Morgan fingerprint density at radius 2 is 0.523 bits per heavy atom. The first-order valence-electron chi connectivity index (χ1n) is 36.0. The predicted molar refractivity (Wildman–Crippen MR) is 354 cm³/mol. The molecule has 0 radical (unpaired) electrons. The van der Waals surface area contributed by atoms with Crippen LogP contribution in [-0.4, -0.2) is 96.7 Å². The maximum Gasteiger partial charge on any atom is 0.472 e. The molecule has 2 unspecified atom stereocenters. The molecule has 5 atom stereocenters. The maximum atomic E-state index is 13.0. The summed E-state index contributed by atoms with van der Waals surface area (Å²) in [5.41, 5.74) is 0. The summed E-state index contributed by atoms with van der Waals surface area (Å²) in [6, 6.07) is 0. The molecule has 0 bridgehead atoms. The molecule has 0 aromatic carbocycles. The lowest BCUT2D eigenvalue weighted by atomic mass is 10.0. The molecule has 0 aromatic rings. The fraction of sp³-hybridized carbons (Fsp3) is 0.942. The Morgan fingerprint density at radius 1 is 0.307 bits per heavy atom. The summed E-state index contributed by atoms with van der Waals surface area (Å²) in [6.07, 6.45) is 45.6. The van der Waals surface area contributed by atoms with Crippen LogP contribution in [-0.2, 0) is 65.4 Å². The van der Waals surface area contributed by atoms with Crippen LogP contribution in [0.15, 0.2) is 0 Å². The number of phosphoric acid groups is 2. The highest BCUT2D eigenvalue weighted by Crippen LogP contribution is 2.45. The fourth-order valence-electron chi connectivity index (χ4n) is 10.4. The van der Waals surface area contributed by atoms with Crippen molar-refractivity contribution in [3.63, 3.8) is 0 Å². The molecule has 0 aliphatic heterocycles. The molecule has 0 rings (SSSR count). The Bertz CT molecular complexity index is 1720. The molecule has 0 fully saturated rings. The first-order valence-corrected chi connectivity index (χ1v) is 39.0. The van der Waals surface area contributed by atoms with E-state index in [4.69, 9.17) is 37.0 Å². The fourth-order valence-corrected chi connectivity index (χ4v) is 12.0. The van der Waals surface area contributed by atoms with Crippen molar-refractivity contribution in [1.82, 2.24) is 0 Å². The van der Waals surface area contributed by atoms with Crippen LogP contribution in [0, 0.1) is 11.8 Å². The molecule has 3 N–H and O–H groups in total. The molecule has 522 valence electrons. The van der Waals surface area contributed by atoms with Crippen LogP contribution in [0.2, 0.25) is 0 Å². The molecule has 0 aromatic heterocycles. The Hall–Kier alpha value is -1.94. The number of rotatable bonds is 68. The van der Waals surface area contributed by atoms with Crippen LogP contribution < -0.4 is 0 Å². The van der Waals surface area contributed by atoms with E-state index in [0.717, 1.165) is 102 Å². The van der Waals surface area contributed by atoms with Crippen molar-refractivity contribution in [3.8, 4) is 0 Å². The first-order chi connectivity index (χ1) is 42.4. The van der Waals surface area contributed by atoms with Crippen LogP contribution in [0.3, 0.4) is 0 Å². The van der Waals surface area contributed by atoms with Crippen molar-refractivity contribution in [2.75, 3.05) is 39.6 Å². The number of phosphoric ester groups is 2. The number of hydrogen-bond acceptors (Lipinski definition) is 15. The standard InChI is InChI=1S/C69H134O17P2/c1-7-9-11-13-15-17-20-27-33-39-45-51-66(71)79-57-64(85-68(73)53-47-41-35-28-21-18-16-14-12-10-8-2)59-83-87(75,76)81-55-63(70)56-82-88(77,78)84-60-65(58-80-67(72)52-46-40-34-30-24-26-32-38-44-50-62(5)6)86-69(74)54-48-42-36-29-23-19-22-25-31-37-43-49-61(3)4/h61-65,70H,7-60H2,1-6H3,(H,75,76)(H,77,78)/t63-,64+,65+/m0/s1. The van der Waals surface area contributed by atoms with E-state index in [2.05, 4.69) is 41.5 Å². The number of carbonyl (C=O) groups excluding carboxylic acids is 4. The highest BCUT2D eigenvalue weighted by molar-refractivity contribution is 7.47. The van der Waals surface area contributed by atoms with Crippen LogP contribution in [0.25, 0.3) is 0 Å². The third kappa shape index (κ3) is 62.8. The molecule has 0 saturated heterocycles. The number of carbonyl (C=O) groups is 4. The van der Waals surface area contributed by atoms with E-state index in [-0.39, 0.29) is 25.7 Å². The summed E-state index contributed by atoms with van der Waals surface area (Å²) in [4.78, 5) is 72.5. The van der Waals surface area contributed by atoms with Gasteiger partial charge in [0, 0.05) is 25.7 Å². The Labute approximate surface area is 537 Å². The van der Waals surface area contributed by atoms with Crippen molar-refractivity contribution in [1.29, 1.82) is 0 Å². The highest BCUT2D eigenvalue weighted by Gasteiger charge is 2.30. The molecule has 0 heterocycles. The number of esters is 4. The molecule has 0 spiro atoms. The minimum Gasteiger partial charge on any atom is -0.462 e. The first kappa shape index (κ1) is 86.1. The van der Waals surface area contributed by atoms with E-state index in [1.54, 1.807) is 0 Å². The second-order valence-electron chi connectivity index (χ2n) is 25.9. The Balaban J connectivity index is 5.25. The molecule has 17 nitrogen and oxygen atoms in total. The molecule has 0 amide bonds. The summed E-state index contributed by atoms with van der Waals surface area (Å²) >= 11 is 0. The van der Waals surface area contributed by atoms with Gasteiger partial charge in [-0.15, -0.1) is 0 Å². The van der Waals surface area contributed by atoms with E-state index >= 15 is 0 Å². The van der Waals surface area contributed by atoms with Crippen molar-refractivity contribution in [2.24, 2.45) is 11.8 Å². The lowest BCUT2D eigenvalue weighted by molar-refractivity contribution is -0.161. The van der Waals surface area contributed by atoms with E-state index in [9.17, 15) is 43.2 Å². The average Bonchev–Trinajstić information content (AvgIpc) is 3.62. The van der Waals surface area contributed by atoms with Crippen molar-refractivity contribution in [2.45, 2.75) is 368 Å². The normalized spacial score (nSPS) is 14.2. The SMILES string of the molecule is CCCCCCCCCCCCCC(=O)OC[C@H](COP(=O)(O)OC[C@H](O)COP(=O)(O)OC[C@@H](COC(=O)CCCCCCCCCCCC(C)C)OC(=O)CCCCCCCCCCCCCC(C)C)OC(=O)CCCCCCCCCCCCC. The van der Waals surface area contributed by atoms with Gasteiger partial charge in [0.1, 0.15) is 19.3 Å². The summed E-state index contributed by atoms with van der Waals surface area (Å²) in [7, 11) is -9.90. The molecular weight excluding hydrogens is 1160 g/mol. The topological polar surface area (TPSA) is 237 Å². The van der Waals surface area contributed by atoms with Gasteiger partial charge in [-0.1, -0.05) is 298 Å². The second-order valence-corrected chi connectivity index (χ2v) is 28.8. The molecule has 0 aliphatic rings. The molecule has 19 heteroatoms.